The predicted octanol–water partition coefficient (Wildman–Crippen LogP) is 1.07. The Morgan fingerprint density at radius 3 is 2.30 bits per heavy atom. The van der Waals surface area contributed by atoms with Gasteiger partial charge in [0, 0.05) is 13.1 Å². The van der Waals surface area contributed by atoms with Gasteiger partial charge in [-0.25, -0.2) is 4.79 Å². The number of aromatic amines is 1. The SMILES string of the molecule is CCCCn1c(=O)c2c(N)[nH]nc2n(CCCC)c1=O. The summed E-state index contributed by atoms with van der Waals surface area (Å²) >= 11 is 0. The van der Waals surface area contributed by atoms with Crippen molar-refractivity contribution in [1.82, 2.24) is 19.3 Å². The number of rotatable bonds is 6. The highest BCUT2D eigenvalue weighted by molar-refractivity contribution is 5.85. The number of nitrogens with one attached hydrogen (secondary N) is 1. The van der Waals surface area contributed by atoms with Crippen LogP contribution in [0.4, 0.5) is 5.82 Å². The topological polar surface area (TPSA) is 98.7 Å². The van der Waals surface area contributed by atoms with Crippen LogP contribution in [0.3, 0.4) is 0 Å². The Kier molecular flexibility index (Phi) is 4.26. The van der Waals surface area contributed by atoms with Crippen LogP contribution in [0.2, 0.25) is 0 Å². The van der Waals surface area contributed by atoms with Crippen molar-refractivity contribution in [3.63, 3.8) is 0 Å². The van der Waals surface area contributed by atoms with Crippen LogP contribution in [-0.2, 0) is 13.1 Å². The summed E-state index contributed by atoms with van der Waals surface area (Å²) in [7, 11) is 0. The van der Waals surface area contributed by atoms with Gasteiger partial charge in [-0.15, -0.1) is 0 Å². The van der Waals surface area contributed by atoms with Gasteiger partial charge in [0.1, 0.15) is 11.2 Å². The average molecular weight is 279 g/mol. The van der Waals surface area contributed by atoms with Gasteiger partial charge in [-0.05, 0) is 12.8 Å². The highest BCUT2D eigenvalue weighted by atomic mass is 16.2. The van der Waals surface area contributed by atoms with Gasteiger partial charge in [-0.2, -0.15) is 5.10 Å². The van der Waals surface area contributed by atoms with Gasteiger partial charge in [0.25, 0.3) is 5.56 Å². The van der Waals surface area contributed by atoms with E-state index >= 15 is 0 Å². The Morgan fingerprint density at radius 2 is 1.70 bits per heavy atom. The summed E-state index contributed by atoms with van der Waals surface area (Å²) in [4.78, 5) is 24.8. The molecule has 7 heteroatoms. The van der Waals surface area contributed by atoms with E-state index in [0.29, 0.717) is 24.1 Å². The lowest BCUT2D eigenvalue weighted by Crippen LogP contribution is -2.40. The molecule has 0 saturated heterocycles. The van der Waals surface area contributed by atoms with Crippen LogP contribution >= 0.6 is 0 Å². The number of anilines is 1. The summed E-state index contributed by atoms with van der Waals surface area (Å²) in [6.07, 6.45) is 3.52. The molecule has 2 heterocycles. The summed E-state index contributed by atoms with van der Waals surface area (Å²) in [6.45, 7) is 5.03. The summed E-state index contributed by atoms with van der Waals surface area (Å²) < 4.78 is 2.82. The van der Waals surface area contributed by atoms with E-state index in [1.807, 2.05) is 13.8 Å². The fourth-order valence-electron chi connectivity index (χ4n) is 2.24. The van der Waals surface area contributed by atoms with Crippen LogP contribution in [0.15, 0.2) is 9.59 Å². The van der Waals surface area contributed by atoms with Crippen LogP contribution in [0.25, 0.3) is 11.0 Å². The fraction of sp³-hybridized carbons (Fsp3) is 0.615. The normalized spacial score (nSPS) is 11.3. The van der Waals surface area contributed by atoms with Crippen molar-refractivity contribution in [1.29, 1.82) is 0 Å². The molecule has 0 amide bonds. The number of aryl methyl sites for hydroxylation is 1. The maximum Gasteiger partial charge on any atom is 0.332 e. The van der Waals surface area contributed by atoms with E-state index in [1.54, 1.807) is 4.57 Å². The maximum atomic E-state index is 12.5. The number of H-pyrrole nitrogens is 1. The minimum atomic E-state index is -0.350. The van der Waals surface area contributed by atoms with E-state index in [9.17, 15) is 9.59 Å². The van der Waals surface area contributed by atoms with Crippen molar-refractivity contribution in [3.05, 3.63) is 20.8 Å². The first-order valence-electron chi connectivity index (χ1n) is 7.09. The molecule has 0 aliphatic heterocycles. The van der Waals surface area contributed by atoms with Crippen molar-refractivity contribution < 1.29 is 0 Å². The molecule has 0 aliphatic rings. The molecule has 0 atom stereocenters. The van der Waals surface area contributed by atoms with E-state index < -0.39 is 0 Å². The molecule has 0 radical (unpaired) electrons. The molecule has 0 fully saturated rings. The molecule has 110 valence electrons. The Labute approximate surface area is 116 Å². The molecule has 0 spiro atoms. The summed E-state index contributed by atoms with van der Waals surface area (Å²) in [5.41, 5.74) is 5.49. The molecule has 7 nitrogen and oxygen atoms in total. The molecule has 3 N–H and O–H groups in total. The number of fused-ring (bicyclic) bond motifs is 1. The lowest BCUT2D eigenvalue weighted by atomic mass is 10.3. The third kappa shape index (κ3) is 2.35. The lowest BCUT2D eigenvalue weighted by molar-refractivity contribution is 0.530. The molecular weight excluding hydrogens is 258 g/mol. The Balaban J connectivity index is 2.69. The van der Waals surface area contributed by atoms with E-state index in [0.717, 1.165) is 25.7 Å². The van der Waals surface area contributed by atoms with Crippen LogP contribution < -0.4 is 17.0 Å². The zero-order valence-electron chi connectivity index (χ0n) is 12.0. The highest BCUT2D eigenvalue weighted by Gasteiger charge is 2.17. The largest absolute Gasteiger partial charge is 0.383 e. The average Bonchev–Trinajstić information content (AvgIpc) is 2.81. The smallest absolute Gasteiger partial charge is 0.332 e. The molecule has 0 saturated carbocycles. The predicted molar refractivity (Wildman–Crippen MR) is 78.8 cm³/mol. The van der Waals surface area contributed by atoms with Crippen molar-refractivity contribution in [2.45, 2.75) is 52.6 Å². The first-order valence-corrected chi connectivity index (χ1v) is 7.09. The van der Waals surface area contributed by atoms with Crippen molar-refractivity contribution in [2.24, 2.45) is 0 Å². The monoisotopic (exact) mass is 279 g/mol. The van der Waals surface area contributed by atoms with Crippen LogP contribution in [-0.4, -0.2) is 19.3 Å². The second-order valence-corrected chi connectivity index (χ2v) is 4.93. The minimum absolute atomic E-state index is 0.223. The van der Waals surface area contributed by atoms with Crippen molar-refractivity contribution in [3.8, 4) is 0 Å². The zero-order chi connectivity index (χ0) is 14.7. The third-order valence-electron chi connectivity index (χ3n) is 3.42. The van der Waals surface area contributed by atoms with Gasteiger partial charge in [0.15, 0.2) is 5.65 Å². The molecule has 2 aromatic heterocycles. The zero-order valence-corrected chi connectivity index (χ0v) is 12.0. The van der Waals surface area contributed by atoms with Gasteiger partial charge in [0.05, 0.1) is 0 Å². The van der Waals surface area contributed by atoms with Crippen LogP contribution in [0.5, 0.6) is 0 Å². The quantitative estimate of drug-likeness (QED) is 0.826. The maximum absolute atomic E-state index is 12.5. The molecule has 20 heavy (non-hydrogen) atoms. The Hall–Kier alpha value is -2.05. The molecule has 0 aromatic carbocycles. The molecule has 0 bridgehead atoms. The van der Waals surface area contributed by atoms with Crippen molar-refractivity contribution in [2.75, 3.05) is 5.73 Å². The van der Waals surface area contributed by atoms with Crippen LogP contribution in [0.1, 0.15) is 39.5 Å². The number of nitrogen functional groups attached to an aromatic ring is 1. The van der Waals surface area contributed by atoms with Gasteiger partial charge in [0.2, 0.25) is 0 Å². The number of nitrogens with two attached hydrogens (primary N) is 1. The standard InChI is InChI=1S/C13H21N5O2/c1-3-5-7-17-11-9(10(14)15-16-11)12(19)18(13(17)20)8-6-4-2/h3-8H2,1-2H3,(H3,14,15,16). The number of unbranched alkanes of at least 4 members (excludes halogenated alkanes) is 2. The second kappa shape index (κ2) is 5.94. The second-order valence-electron chi connectivity index (χ2n) is 4.93. The number of hydrogen-bond donors (Lipinski definition) is 2. The molecule has 2 rings (SSSR count). The fourth-order valence-corrected chi connectivity index (χ4v) is 2.24. The number of nitrogens with zero attached hydrogens (tertiary/aromatic N) is 3. The molecule has 0 aliphatic carbocycles. The van der Waals surface area contributed by atoms with Gasteiger partial charge >= 0.3 is 5.69 Å². The third-order valence-corrected chi connectivity index (χ3v) is 3.42. The van der Waals surface area contributed by atoms with E-state index in [1.165, 1.54) is 4.57 Å². The van der Waals surface area contributed by atoms with Gasteiger partial charge < -0.3 is 5.73 Å². The van der Waals surface area contributed by atoms with E-state index in [4.69, 9.17) is 5.73 Å². The van der Waals surface area contributed by atoms with Crippen LogP contribution in [0, 0.1) is 0 Å². The highest BCUT2D eigenvalue weighted by Crippen LogP contribution is 2.12. The number of hydrogen-bond acceptors (Lipinski definition) is 4. The Bertz CT molecular complexity index is 710. The first-order chi connectivity index (χ1) is 9.61. The van der Waals surface area contributed by atoms with Gasteiger partial charge in [-0.1, -0.05) is 26.7 Å². The molecule has 0 unspecified atom stereocenters. The lowest BCUT2D eigenvalue weighted by Gasteiger charge is -2.10. The minimum Gasteiger partial charge on any atom is -0.383 e. The van der Waals surface area contributed by atoms with Gasteiger partial charge in [-0.3, -0.25) is 19.0 Å². The Morgan fingerprint density at radius 1 is 1.10 bits per heavy atom. The van der Waals surface area contributed by atoms with E-state index in [-0.39, 0.29) is 17.1 Å². The summed E-state index contributed by atoms with van der Waals surface area (Å²) in [5.74, 6) is 0.223. The van der Waals surface area contributed by atoms with E-state index in [2.05, 4.69) is 10.2 Å². The molecule has 2 aromatic rings. The summed E-state index contributed by atoms with van der Waals surface area (Å²) in [6, 6.07) is 0. The number of aromatic nitrogens is 4. The molecular formula is C13H21N5O2. The first kappa shape index (κ1) is 14.4. The van der Waals surface area contributed by atoms with Crippen molar-refractivity contribution >= 4 is 16.9 Å². The summed E-state index contributed by atoms with van der Waals surface area (Å²) in [5, 5.41) is 6.93.